The highest BCUT2D eigenvalue weighted by Gasteiger charge is 2.56. The fourth-order valence-corrected chi connectivity index (χ4v) is 6.80. The topological polar surface area (TPSA) is 37.3 Å². The first-order chi connectivity index (χ1) is 13.5. The Morgan fingerprint density at radius 1 is 1.11 bits per heavy atom. The highest BCUT2D eigenvalue weighted by Crippen LogP contribution is 2.63. The maximum atomic E-state index is 12.0. The molecule has 5 atom stereocenters. The van der Waals surface area contributed by atoms with E-state index in [1.807, 2.05) is 12.2 Å². The largest absolute Gasteiger partial charge is 0.393 e. The molecule has 2 nitrogen and oxygen atoms in total. The zero-order valence-electron chi connectivity index (χ0n) is 16.8. The van der Waals surface area contributed by atoms with Crippen LogP contribution in [-0.4, -0.2) is 17.0 Å². The van der Waals surface area contributed by atoms with Gasteiger partial charge in [0, 0.05) is 12.3 Å². The molecule has 2 heteroatoms. The van der Waals surface area contributed by atoms with E-state index >= 15 is 0 Å². The van der Waals surface area contributed by atoms with Gasteiger partial charge in [0.1, 0.15) is 0 Å². The summed E-state index contributed by atoms with van der Waals surface area (Å²) in [5.41, 5.74) is 6.89. The summed E-state index contributed by atoms with van der Waals surface area (Å²) in [5, 5.41) is 10.9. The maximum Gasteiger partial charge on any atom is 0.156 e. The Kier molecular flexibility index (Phi) is 4.24. The number of carbonyl (C=O) groups excluding carboxylic acids is 1. The number of hydrogen-bond donors (Lipinski definition) is 1. The normalized spacial score (nSPS) is 37.1. The van der Waals surface area contributed by atoms with E-state index < -0.39 is 0 Å². The fourth-order valence-electron chi connectivity index (χ4n) is 6.80. The van der Waals surface area contributed by atoms with E-state index in [2.05, 4.69) is 37.8 Å². The first-order valence-corrected chi connectivity index (χ1v) is 10.9. The van der Waals surface area contributed by atoms with Crippen molar-refractivity contribution in [3.05, 3.63) is 64.8 Å². The van der Waals surface area contributed by atoms with Crippen molar-refractivity contribution in [2.45, 2.75) is 63.9 Å². The smallest absolute Gasteiger partial charge is 0.156 e. The second kappa shape index (κ2) is 6.56. The Labute approximate surface area is 168 Å². The number of aliphatic hydroxyl groups excluding tert-OH is 1. The van der Waals surface area contributed by atoms with E-state index in [0.717, 1.165) is 44.1 Å². The predicted molar refractivity (Wildman–Crippen MR) is 113 cm³/mol. The molecule has 0 heterocycles. The van der Waals surface area contributed by atoms with Gasteiger partial charge in [0.25, 0.3) is 0 Å². The first-order valence-electron chi connectivity index (χ1n) is 10.9. The standard InChI is InChI=1S/C26H30O2/c1-3-16-4-6-17(7-5-16)22-15-26(2)23(12-13-24(26)28)21-10-8-18-14-19(27)9-11-20(18)25(21)22/h3-7,14,21-24,28H,1,8-13,15H2,2H3. The molecule has 5 unspecified atom stereocenters. The van der Waals surface area contributed by atoms with E-state index in [4.69, 9.17) is 0 Å². The van der Waals surface area contributed by atoms with Crippen LogP contribution in [0.5, 0.6) is 0 Å². The first kappa shape index (κ1) is 18.1. The summed E-state index contributed by atoms with van der Waals surface area (Å²) < 4.78 is 0. The van der Waals surface area contributed by atoms with Gasteiger partial charge < -0.3 is 5.11 Å². The maximum absolute atomic E-state index is 12.0. The van der Waals surface area contributed by atoms with Gasteiger partial charge in [-0.05, 0) is 84.1 Å². The lowest BCUT2D eigenvalue weighted by Gasteiger charge is -2.52. The minimum Gasteiger partial charge on any atom is -0.393 e. The Morgan fingerprint density at radius 3 is 2.64 bits per heavy atom. The van der Waals surface area contributed by atoms with E-state index in [1.165, 1.54) is 16.7 Å². The zero-order chi connectivity index (χ0) is 19.5. The fraction of sp³-hybridized carbons (Fsp3) is 0.500. The third kappa shape index (κ3) is 2.61. The van der Waals surface area contributed by atoms with Gasteiger partial charge >= 0.3 is 0 Å². The molecule has 28 heavy (non-hydrogen) atoms. The van der Waals surface area contributed by atoms with Crippen LogP contribution in [0.1, 0.15) is 68.9 Å². The van der Waals surface area contributed by atoms with Crippen LogP contribution >= 0.6 is 0 Å². The van der Waals surface area contributed by atoms with Gasteiger partial charge in [-0.2, -0.15) is 0 Å². The summed E-state index contributed by atoms with van der Waals surface area (Å²) in [6, 6.07) is 8.82. The van der Waals surface area contributed by atoms with Crippen molar-refractivity contribution in [3.8, 4) is 0 Å². The number of ketones is 1. The molecule has 0 saturated heterocycles. The SMILES string of the molecule is C=Cc1ccc(C2CC3(C)C(O)CCC3C3CCC4=CC(=O)CCC4=C23)cc1. The molecular weight excluding hydrogens is 344 g/mol. The van der Waals surface area contributed by atoms with Crippen LogP contribution in [-0.2, 0) is 4.79 Å². The molecule has 0 spiro atoms. The van der Waals surface area contributed by atoms with Crippen LogP contribution in [0.2, 0.25) is 0 Å². The molecule has 1 aromatic carbocycles. The van der Waals surface area contributed by atoms with Crippen molar-refractivity contribution in [2.75, 3.05) is 0 Å². The molecule has 5 rings (SSSR count). The minimum absolute atomic E-state index is 0.00219. The van der Waals surface area contributed by atoms with Gasteiger partial charge in [-0.3, -0.25) is 4.79 Å². The van der Waals surface area contributed by atoms with Crippen molar-refractivity contribution in [2.24, 2.45) is 17.3 Å². The zero-order valence-corrected chi connectivity index (χ0v) is 16.8. The van der Waals surface area contributed by atoms with Gasteiger partial charge in [-0.15, -0.1) is 0 Å². The summed E-state index contributed by atoms with van der Waals surface area (Å²) >= 11 is 0. The highest BCUT2D eigenvalue weighted by molar-refractivity contribution is 5.93. The van der Waals surface area contributed by atoms with Crippen LogP contribution in [0.25, 0.3) is 6.08 Å². The Hall–Kier alpha value is -1.93. The van der Waals surface area contributed by atoms with E-state index in [1.54, 1.807) is 5.57 Å². The lowest BCUT2D eigenvalue weighted by molar-refractivity contribution is -0.114. The molecule has 0 radical (unpaired) electrons. The molecule has 2 fully saturated rings. The Balaban J connectivity index is 1.67. The van der Waals surface area contributed by atoms with Crippen molar-refractivity contribution < 1.29 is 9.90 Å². The molecule has 4 aliphatic carbocycles. The van der Waals surface area contributed by atoms with E-state index in [-0.39, 0.29) is 11.5 Å². The quantitative estimate of drug-likeness (QED) is 0.733. The molecule has 0 aromatic heterocycles. The van der Waals surface area contributed by atoms with E-state index in [0.29, 0.717) is 30.0 Å². The molecule has 0 amide bonds. The third-order valence-corrected chi connectivity index (χ3v) is 8.26. The number of carbonyl (C=O) groups is 1. The molecule has 146 valence electrons. The lowest BCUT2D eigenvalue weighted by atomic mass is 9.53. The van der Waals surface area contributed by atoms with Gasteiger partial charge in [-0.25, -0.2) is 0 Å². The van der Waals surface area contributed by atoms with Crippen LogP contribution in [0, 0.1) is 17.3 Å². The number of hydrogen-bond acceptors (Lipinski definition) is 2. The molecule has 0 bridgehead atoms. The summed E-state index contributed by atoms with van der Waals surface area (Å²) in [4.78, 5) is 12.0. The highest BCUT2D eigenvalue weighted by atomic mass is 16.3. The van der Waals surface area contributed by atoms with Crippen LogP contribution in [0.15, 0.2) is 53.6 Å². The number of rotatable bonds is 2. The van der Waals surface area contributed by atoms with Gasteiger partial charge in [0.15, 0.2) is 5.78 Å². The van der Waals surface area contributed by atoms with Crippen molar-refractivity contribution >= 4 is 11.9 Å². The monoisotopic (exact) mass is 374 g/mol. The summed E-state index contributed by atoms with van der Waals surface area (Å²) in [6.07, 6.45) is 10.4. The summed E-state index contributed by atoms with van der Waals surface area (Å²) in [7, 11) is 0. The second-order valence-corrected chi connectivity index (χ2v) is 9.55. The van der Waals surface area contributed by atoms with Crippen LogP contribution in [0.3, 0.4) is 0 Å². The molecule has 1 N–H and O–H groups in total. The molecular formula is C26H30O2. The molecule has 4 aliphatic rings. The van der Waals surface area contributed by atoms with Crippen LogP contribution in [0.4, 0.5) is 0 Å². The lowest BCUT2D eigenvalue weighted by Crippen LogP contribution is -2.45. The van der Waals surface area contributed by atoms with Crippen molar-refractivity contribution in [1.29, 1.82) is 0 Å². The molecule has 2 saturated carbocycles. The summed E-state index contributed by atoms with van der Waals surface area (Å²) in [5.74, 6) is 1.78. The van der Waals surface area contributed by atoms with Gasteiger partial charge in [-0.1, -0.05) is 49.4 Å². The second-order valence-electron chi connectivity index (χ2n) is 9.55. The Bertz CT molecular complexity index is 888. The average Bonchev–Trinajstić information content (AvgIpc) is 3.01. The van der Waals surface area contributed by atoms with Gasteiger partial charge in [0.2, 0.25) is 0 Å². The average molecular weight is 375 g/mol. The molecule has 1 aromatic rings. The van der Waals surface area contributed by atoms with E-state index in [9.17, 15) is 9.90 Å². The van der Waals surface area contributed by atoms with Crippen molar-refractivity contribution in [1.82, 2.24) is 0 Å². The number of fused-ring (bicyclic) bond motifs is 4. The number of benzene rings is 1. The molecule has 0 aliphatic heterocycles. The van der Waals surface area contributed by atoms with Crippen LogP contribution < -0.4 is 0 Å². The Morgan fingerprint density at radius 2 is 1.89 bits per heavy atom. The predicted octanol–water partition coefficient (Wildman–Crippen LogP) is 5.59. The minimum atomic E-state index is -0.191. The summed E-state index contributed by atoms with van der Waals surface area (Å²) in [6.45, 7) is 6.21. The number of aliphatic hydroxyl groups is 1. The third-order valence-electron chi connectivity index (χ3n) is 8.26. The van der Waals surface area contributed by atoms with Gasteiger partial charge in [0.05, 0.1) is 6.10 Å². The van der Waals surface area contributed by atoms with Crippen molar-refractivity contribution in [3.63, 3.8) is 0 Å². The number of allylic oxidation sites excluding steroid dienone is 4.